The number of halogens is 1. The average Bonchev–Trinajstić information content (AvgIpc) is 2.17. The van der Waals surface area contributed by atoms with E-state index in [1.54, 1.807) is 20.8 Å². The van der Waals surface area contributed by atoms with Gasteiger partial charge in [0.25, 0.3) is 0 Å². The molecule has 4 N–H and O–H groups in total. The van der Waals surface area contributed by atoms with Gasteiger partial charge in [-0.1, -0.05) is 0 Å². The van der Waals surface area contributed by atoms with E-state index in [4.69, 9.17) is 10.6 Å². The Hall–Kier alpha value is -1.41. The zero-order valence-electron chi connectivity index (χ0n) is 9.74. The number of ether oxygens (including phenoxy) is 1. The molecule has 0 aliphatic carbocycles. The fourth-order valence-electron chi connectivity index (χ4n) is 0.960. The molecule has 0 saturated heterocycles. The van der Waals surface area contributed by atoms with E-state index in [2.05, 4.69) is 36.6 Å². The van der Waals surface area contributed by atoms with Gasteiger partial charge in [0.1, 0.15) is 10.2 Å². The van der Waals surface area contributed by atoms with Gasteiger partial charge in [0.15, 0.2) is 11.6 Å². The Bertz CT molecular complexity index is 418. The lowest BCUT2D eigenvalue weighted by Crippen LogP contribution is -2.28. The van der Waals surface area contributed by atoms with E-state index in [0.717, 1.165) is 0 Å². The first-order valence-electron chi connectivity index (χ1n) is 4.81. The molecule has 1 aromatic rings. The van der Waals surface area contributed by atoms with Gasteiger partial charge < -0.3 is 10.2 Å². The number of anilines is 2. The fourth-order valence-corrected chi connectivity index (χ4v) is 1.24. The SMILES string of the molecule is CC(C)(C)OC(=O)Nc1ncc(Br)nc1NN. The molecular formula is C9H14BrN5O2. The number of carbonyl (C=O) groups is 1. The van der Waals surface area contributed by atoms with Crippen molar-refractivity contribution < 1.29 is 9.53 Å². The zero-order chi connectivity index (χ0) is 13.1. The van der Waals surface area contributed by atoms with Crippen LogP contribution in [0.2, 0.25) is 0 Å². The molecule has 1 rings (SSSR count). The van der Waals surface area contributed by atoms with Crippen LogP contribution in [0.5, 0.6) is 0 Å². The number of aromatic nitrogens is 2. The highest BCUT2D eigenvalue weighted by Gasteiger charge is 2.18. The summed E-state index contributed by atoms with van der Waals surface area (Å²) < 4.78 is 5.57. The number of nitrogens with two attached hydrogens (primary N) is 1. The van der Waals surface area contributed by atoms with Crippen molar-refractivity contribution in [3.63, 3.8) is 0 Å². The van der Waals surface area contributed by atoms with E-state index in [1.165, 1.54) is 6.20 Å². The van der Waals surface area contributed by atoms with Crippen molar-refractivity contribution in [2.45, 2.75) is 26.4 Å². The van der Waals surface area contributed by atoms with Gasteiger partial charge in [-0.25, -0.2) is 20.6 Å². The second kappa shape index (κ2) is 5.28. The maximum Gasteiger partial charge on any atom is 0.413 e. The molecule has 7 nitrogen and oxygen atoms in total. The first kappa shape index (κ1) is 13.7. The second-order valence-electron chi connectivity index (χ2n) is 4.16. The van der Waals surface area contributed by atoms with Gasteiger partial charge in [0, 0.05) is 0 Å². The number of nitrogen functional groups attached to an aromatic ring is 1. The summed E-state index contributed by atoms with van der Waals surface area (Å²) in [5, 5.41) is 2.45. The summed E-state index contributed by atoms with van der Waals surface area (Å²) in [6.07, 6.45) is 0.818. The average molecular weight is 304 g/mol. The summed E-state index contributed by atoms with van der Waals surface area (Å²) in [4.78, 5) is 19.4. The molecule has 0 bridgehead atoms. The third-order valence-electron chi connectivity index (χ3n) is 1.50. The van der Waals surface area contributed by atoms with E-state index >= 15 is 0 Å². The van der Waals surface area contributed by atoms with Crippen LogP contribution in [0, 0.1) is 0 Å². The standard InChI is InChI=1S/C9H14BrN5O2/c1-9(2,3)17-8(16)14-6-7(15-11)13-5(10)4-12-6/h4H,11H2,1-3H3,(H,13,15)(H,12,14,16). The van der Waals surface area contributed by atoms with Crippen molar-refractivity contribution >= 4 is 33.7 Å². The molecule has 8 heteroatoms. The van der Waals surface area contributed by atoms with Crippen LogP contribution < -0.4 is 16.6 Å². The van der Waals surface area contributed by atoms with Crippen molar-refractivity contribution in [2.24, 2.45) is 5.84 Å². The molecule has 0 aliphatic rings. The highest BCUT2D eigenvalue weighted by Crippen LogP contribution is 2.18. The predicted molar refractivity (Wildman–Crippen MR) is 67.4 cm³/mol. The van der Waals surface area contributed by atoms with Gasteiger partial charge in [0.2, 0.25) is 0 Å². The summed E-state index contributed by atoms with van der Waals surface area (Å²) in [5.41, 5.74) is 1.75. The zero-order valence-corrected chi connectivity index (χ0v) is 11.3. The molecule has 0 atom stereocenters. The number of hydrogen-bond acceptors (Lipinski definition) is 6. The molecule has 1 aromatic heterocycles. The van der Waals surface area contributed by atoms with E-state index in [1.807, 2.05) is 0 Å². The van der Waals surface area contributed by atoms with Crippen LogP contribution in [-0.4, -0.2) is 21.7 Å². The predicted octanol–water partition coefficient (Wildman–Crippen LogP) is 1.87. The summed E-state index contributed by atoms with van der Waals surface area (Å²) in [6, 6.07) is 0. The Balaban J connectivity index is 2.78. The number of nitrogens with zero attached hydrogens (tertiary/aromatic N) is 2. The van der Waals surface area contributed by atoms with E-state index < -0.39 is 11.7 Å². The Morgan fingerprint density at radius 2 is 2.12 bits per heavy atom. The summed E-state index contributed by atoms with van der Waals surface area (Å²) >= 11 is 3.14. The number of rotatable bonds is 2. The Labute approximate surface area is 107 Å². The van der Waals surface area contributed by atoms with Gasteiger partial charge in [-0.3, -0.25) is 5.32 Å². The number of hydrogen-bond donors (Lipinski definition) is 3. The van der Waals surface area contributed by atoms with Crippen LogP contribution in [0.25, 0.3) is 0 Å². The van der Waals surface area contributed by atoms with Crippen LogP contribution in [0.15, 0.2) is 10.8 Å². The van der Waals surface area contributed by atoms with Crippen LogP contribution in [0.3, 0.4) is 0 Å². The van der Waals surface area contributed by atoms with Gasteiger partial charge in [-0.15, -0.1) is 0 Å². The minimum Gasteiger partial charge on any atom is -0.444 e. The Kier molecular flexibility index (Phi) is 4.24. The summed E-state index contributed by atoms with van der Waals surface area (Å²) in [6.45, 7) is 5.30. The van der Waals surface area contributed by atoms with Gasteiger partial charge in [0.05, 0.1) is 6.20 Å². The summed E-state index contributed by atoms with van der Waals surface area (Å²) in [5.74, 6) is 5.70. The third kappa shape index (κ3) is 4.53. The molecule has 1 amide bonds. The van der Waals surface area contributed by atoms with Crippen molar-refractivity contribution in [1.82, 2.24) is 9.97 Å². The van der Waals surface area contributed by atoms with Crippen molar-refractivity contribution in [2.75, 3.05) is 10.7 Å². The summed E-state index contributed by atoms with van der Waals surface area (Å²) in [7, 11) is 0. The van der Waals surface area contributed by atoms with Gasteiger partial charge in [-0.2, -0.15) is 0 Å². The number of nitrogens with one attached hydrogen (secondary N) is 2. The highest BCUT2D eigenvalue weighted by atomic mass is 79.9. The largest absolute Gasteiger partial charge is 0.444 e. The number of hydrazine groups is 1. The van der Waals surface area contributed by atoms with Crippen molar-refractivity contribution in [3.8, 4) is 0 Å². The van der Waals surface area contributed by atoms with Gasteiger partial charge >= 0.3 is 6.09 Å². The number of carbonyl (C=O) groups excluding carboxylic acids is 1. The Morgan fingerprint density at radius 3 is 2.65 bits per heavy atom. The molecule has 0 spiro atoms. The topological polar surface area (TPSA) is 102 Å². The molecule has 0 fully saturated rings. The molecule has 1 heterocycles. The minimum atomic E-state index is -0.620. The lowest BCUT2D eigenvalue weighted by molar-refractivity contribution is 0.0635. The smallest absolute Gasteiger partial charge is 0.413 e. The monoisotopic (exact) mass is 303 g/mol. The lowest BCUT2D eigenvalue weighted by Gasteiger charge is -2.19. The normalized spacial score (nSPS) is 10.9. The fraction of sp³-hybridized carbons (Fsp3) is 0.444. The molecular weight excluding hydrogens is 290 g/mol. The van der Waals surface area contributed by atoms with Crippen LogP contribution in [-0.2, 0) is 4.74 Å². The molecule has 94 valence electrons. The molecule has 0 saturated carbocycles. The Morgan fingerprint density at radius 1 is 1.47 bits per heavy atom. The van der Waals surface area contributed by atoms with Crippen LogP contribution in [0.1, 0.15) is 20.8 Å². The lowest BCUT2D eigenvalue weighted by atomic mass is 10.2. The highest BCUT2D eigenvalue weighted by molar-refractivity contribution is 9.10. The maximum atomic E-state index is 11.5. The molecule has 0 radical (unpaired) electrons. The third-order valence-corrected chi connectivity index (χ3v) is 1.88. The van der Waals surface area contributed by atoms with Crippen molar-refractivity contribution in [3.05, 3.63) is 10.8 Å². The molecule has 17 heavy (non-hydrogen) atoms. The quantitative estimate of drug-likeness (QED) is 0.569. The maximum absolute atomic E-state index is 11.5. The number of amides is 1. The van der Waals surface area contributed by atoms with Crippen molar-refractivity contribution in [1.29, 1.82) is 0 Å². The van der Waals surface area contributed by atoms with Crippen LogP contribution >= 0.6 is 15.9 Å². The van der Waals surface area contributed by atoms with E-state index in [0.29, 0.717) is 4.60 Å². The molecule has 0 aliphatic heterocycles. The molecule has 0 aromatic carbocycles. The first-order valence-corrected chi connectivity index (χ1v) is 5.60. The second-order valence-corrected chi connectivity index (χ2v) is 4.97. The van der Waals surface area contributed by atoms with Crippen LogP contribution in [0.4, 0.5) is 16.4 Å². The van der Waals surface area contributed by atoms with E-state index in [-0.39, 0.29) is 11.6 Å². The van der Waals surface area contributed by atoms with Gasteiger partial charge in [-0.05, 0) is 36.7 Å². The minimum absolute atomic E-state index is 0.199. The first-order chi connectivity index (χ1) is 7.81. The van der Waals surface area contributed by atoms with E-state index in [9.17, 15) is 4.79 Å². The molecule has 0 unspecified atom stereocenters.